The Morgan fingerprint density at radius 1 is 1.30 bits per heavy atom. The second kappa shape index (κ2) is 11.1. The Balaban J connectivity index is 1.41. The summed E-state index contributed by atoms with van der Waals surface area (Å²) in [6.45, 7) is 7.91. The van der Waals surface area contributed by atoms with Gasteiger partial charge in [0.25, 0.3) is 0 Å². The number of carboxylic acid groups (broad SMARTS) is 1. The standard InChI is InChI=1S/C23H29FN8O4Si/c1-37(2,3)36-11-10-31-22(27-28-29-31)16-4-5-21(19(24)12-16)35-15-17-14-26-32(20(17)13-25)18-6-8-30(9-7-18)23(33)34/h4-5,12,14,18H,6-11,15H2,1-3H3,(H,33,34). The maximum absolute atomic E-state index is 14.9. The van der Waals surface area contributed by atoms with E-state index in [9.17, 15) is 14.4 Å². The van der Waals surface area contributed by atoms with Crippen molar-refractivity contribution < 1.29 is 23.5 Å². The van der Waals surface area contributed by atoms with E-state index < -0.39 is 20.2 Å². The average molecular weight is 529 g/mol. The van der Waals surface area contributed by atoms with Crippen LogP contribution >= 0.6 is 0 Å². The smallest absolute Gasteiger partial charge is 0.407 e. The lowest BCUT2D eigenvalue weighted by molar-refractivity contribution is 0.123. The van der Waals surface area contributed by atoms with Crippen LogP contribution in [0.4, 0.5) is 9.18 Å². The van der Waals surface area contributed by atoms with Crippen LogP contribution in [0.3, 0.4) is 0 Å². The fourth-order valence-corrected chi connectivity index (χ4v) is 4.82. The number of benzene rings is 1. The molecule has 0 atom stereocenters. The summed E-state index contributed by atoms with van der Waals surface area (Å²) < 4.78 is 29.6. The molecule has 0 radical (unpaired) electrons. The van der Waals surface area contributed by atoms with Gasteiger partial charge in [0.05, 0.1) is 25.4 Å². The van der Waals surface area contributed by atoms with Crippen LogP contribution in [0.2, 0.25) is 19.6 Å². The third-order valence-electron chi connectivity index (χ3n) is 6.00. The number of nitrogens with zero attached hydrogens (tertiary/aromatic N) is 8. The molecule has 3 heterocycles. The maximum Gasteiger partial charge on any atom is 0.407 e. The number of hydrogen-bond acceptors (Lipinski definition) is 8. The van der Waals surface area contributed by atoms with Crippen molar-refractivity contribution in [1.82, 2.24) is 34.9 Å². The van der Waals surface area contributed by atoms with Gasteiger partial charge in [0.2, 0.25) is 0 Å². The number of carbonyl (C=O) groups is 1. The first-order chi connectivity index (χ1) is 17.7. The minimum absolute atomic E-state index is 0.0243. The van der Waals surface area contributed by atoms with Crippen molar-refractivity contribution in [3.05, 3.63) is 41.5 Å². The fourth-order valence-electron chi connectivity index (χ4n) is 4.12. The van der Waals surface area contributed by atoms with E-state index in [2.05, 4.69) is 46.3 Å². The topological polar surface area (TPSA) is 144 Å². The summed E-state index contributed by atoms with van der Waals surface area (Å²) in [4.78, 5) is 12.5. The van der Waals surface area contributed by atoms with Crippen LogP contribution in [0.25, 0.3) is 11.4 Å². The number of tetrazole rings is 1. The zero-order valence-corrected chi connectivity index (χ0v) is 22.0. The molecule has 1 aromatic carbocycles. The number of aromatic nitrogens is 6. The second-order valence-corrected chi connectivity index (χ2v) is 14.2. The minimum Gasteiger partial charge on any atom is -0.486 e. The summed E-state index contributed by atoms with van der Waals surface area (Å²) in [5.41, 5.74) is 1.35. The molecular formula is C23H29FN8O4Si. The molecule has 3 aromatic rings. The molecule has 1 aliphatic heterocycles. The third kappa shape index (κ3) is 6.30. The van der Waals surface area contributed by atoms with Crippen molar-refractivity contribution >= 4 is 14.4 Å². The predicted octanol–water partition coefficient (Wildman–Crippen LogP) is 3.29. The fraction of sp³-hybridized carbons (Fsp3) is 0.478. The van der Waals surface area contributed by atoms with Gasteiger partial charge in [0, 0.05) is 24.2 Å². The highest BCUT2D eigenvalue weighted by atomic mass is 28.4. The lowest BCUT2D eigenvalue weighted by Crippen LogP contribution is -2.38. The molecule has 1 fully saturated rings. The monoisotopic (exact) mass is 528 g/mol. The first kappa shape index (κ1) is 26.2. The maximum atomic E-state index is 14.9. The molecule has 2 aromatic heterocycles. The zero-order valence-electron chi connectivity index (χ0n) is 21.0. The Hall–Kier alpha value is -3.83. The molecule has 1 saturated heterocycles. The summed E-state index contributed by atoms with van der Waals surface area (Å²) in [5.74, 6) is -0.139. The van der Waals surface area contributed by atoms with Crippen molar-refractivity contribution in [2.24, 2.45) is 0 Å². The lowest BCUT2D eigenvalue weighted by Gasteiger charge is -2.30. The van der Waals surface area contributed by atoms with Crippen LogP contribution in [0.1, 0.15) is 30.1 Å². The van der Waals surface area contributed by atoms with Crippen molar-refractivity contribution in [1.29, 1.82) is 5.26 Å². The molecule has 0 aliphatic carbocycles. The SMILES string of the molecule is C[Si](C)(C)OCCn1nnnc1-c1ccc(OCc2cnn(C3CCN(C(=O)O)CC3)c2C#N)c(F)c1. The molecule has 14 heteroatoms. The van der Waals surface area contributed by atoms with Gasteiger partial charge >= 0.3 is 6.09 Å². The minimum atomic E-state index is -1.67. The first-order valence-electron chi connectivity index (χ1n) is 11.9. The molecule has 4 rings (SSSR count). The average Bonchev–Trinajstić information content (AvgIpc) is 3.49. The third-order valence-corrected chi connectivity index (χ3v) is 7.07. The predicted molar refractivity (Wildman–Crippen MR) is 132 cm³/mol. The van der Waals surface area contributed by atoms with Crippen molar-refractivity contribution in [2.45, 2.75) is 51.7 Å². The van der Waals surface area contributed by atoms with Crippen molar-refractivity contribution in [2.75, 3.05) is 19.7 Å². The highest BCUT2D eigenvalue weighted by Crippen LogP contribution is 2.27. The van der Waals surface area contributed by atoms with E-state index in [-0.39, 0.29) is 18.4 Å². The summed E-state index contributed by atoms with van der Waals surface area (Å²) in [5, 5.41) is 34.9. The molecule has 37 heavy (non-hydrogen) atoms. The normalized spacial score (nSPS) is 14.5. The molecule has 196 valence electrons. The molecule has 1 N–H and O–H groups in total. The van der Waals surface area contributed by atoms with Gasteiger partial charge in [0.15, 0.2) is 25.7 Å². The van der Waals surface area contributed by atoms with Gasteiger partial charge in [-0.05, 0) is 61.1 Å². The van der Waals surface area contributed by atoms with Gasteiger partial charge < -0.3 is 19.2 Å². The van der Waals surface area contributed by atoms with Crippen LogP contribution in [-0.2, 0) is 17.6 Å². The number of amides is 1. The Labute approximate surface area is 214 Å². The molecule has 0 unspecified atom stereocenters. The van der Waals surface area contributed by atoms with Gasteiger partial charge in [-0.15, -0.1) is 5.10 Å². The van der Waals surface area contributed by atoms with Crippen LogP contribution in [0.15, 0.2) is 24.4 Å². The molecule has 0 bridgehead atoms. The van der Waals surface area contributed by atoms with Crippen molar-refractivity contribution in [3.8, 4) is 23.2 Å². The summed E-state index contributed by atoms with van der Waals surface area (Å²) in [7, 11) is -1.67. The van der Waals surface area contributed by atoms with Gasteiger partial charge in [-0.3, -0.25) is 4.68 Å². The summed E-state index contributed by atoms with van der Waals surface area (Å²) in [6, 6.07) is 6.54. The van der Waals surface area contributed by atoms with E-state index in [4.69, 9.17) is 14.3 Å². The molecule has 0 spiro atoms. The number of piperidine rings is 1. The highest BCUT2D eigenvalue weighted by Gasteiger charge is 2.26. The van der Waals surface area contributed by atoms with Gasteiger partial charge in [-0.2, -0.15) is 10.4 Å². The summed E-state index contributed by atoms with van der Waals surface area (Å²) >= 11 is 0. The van der Waals surface area contributed by atoms with Crippen LogP contribution in [-0.4, -0.2) is 74.1 Å². The second-order valence-electron chi connectivity index (χ2n) is 9.70. The Morgan fingerprint density at radius 2 is 2.05 bits per heavy atom. The van der Waals surface area contributed by atoms with Crippen LogP contribution in [0, 0.1) is 17.1 Å². The molecular weight excluding hydrogens is 499 g/mol. The van der Waals surface area contributed by atoms with Crippen LogP contribution < -0.4 is 4.74 Å². The quantitative estimate of drug-likeness (QED) is 0.414. The number of ether oxygens (including phenoxy) is 1. The number of likely N-dealkylation sites (tertiary alicyclic amines) is 1. The van der Waals surface area contributed by atoms with Crippen molar-refractivity contribution in [3.63, 3.8) is 0 Å². The summed E-state index contributed by atoms with van der Waals surface area (Å²) in [6.07, 6.45) is 1.70. The van der Waals surface area contributed by atoms with E-state index in [0.717, 1.165) is 0 Å². The first-order valence-corrected chi connectivity index (χ1v) is 15.3. The number of rotatable bonds is 9. The van der Waals surface area contributed by atoms with Gasteiger partial charge in [-0.1, -0.05) is 0 Å². The van der Waals surface area contributed by atoms with Gasteiger partial charge in [-0.25, -0.2) is 13.9 Å². The van der Waals surface area contributed by atoms with Gasteiger partial charge in [0.1, 0.15) is 18.4 Å². The lowest BCUT2D eigenvalue weighted by atomic mass is 10.1. The molecule has 12 nitrogen and oxygen atoms in total. The highest BCUT2D eigenvalue weighted by molar-refractivity contribution is 6.69. The largest absolute Gasteiger partial charge is 0.486 e. The number of halogens is 1. The van der Waals surface area contributed by atoms with E-state index in [0.29, 0.717) is 61.7 Å². The zero-order chi connectivity index (χ0) is 26.6. The molecule has 1 aliphatic rings. The number of hydrogen-bond donors (Lipinski definition) is 1. The van der Waals surface area contributed by atoms with E-state index in [1.807, 2.05) is 0 Å². The van der Waals surface area contributed by atoms with E-state index in [1.54, 1.807) is 15.4 Å². The number of nitriles is 1. The molecule has 1 amide bonds. The Bertz CT molecular complexity index is 1290. The Kier molecular flexibility index (Phi) is 7.84. The van der Waals surface area contributed by atoms with E-state index in [1.165, 1.54) is 23.2 Å². The Morgan fingerprint density at radius 3 is 2.70 bits per heavy atom. The molecule has 0 saturated carbocycles. The van der Waals surface area contributed by atoms with Crippen LogP contribution in [0.5, 0.6) is 5.75 Å². The van der Waals surface area contributed by atoms with E-state index >= 15 is 0 Å².